The van der Waals surface area contributed by atoms with Gasteiger partial charge in [-0.1, -0.05) is 12.1 Å². The number of thiophene rings is 1. The van der Waals surface area contributed by atoms with E-state index in [1.807, 2.05) is 30.5 Å². The lowest BCUT2D eigenvalue weighted by Crippen LogP contribution is -2.38. The van der Waals surface area contributed by atoms with Crippen LogP contribution in [0.5, 0.6) is 5.75 Å². The van der Waals surface area contributed by atoms with Gasteiger partial charge in [0.05, 0.1) is 19.8 Å². The monoisotopic (exact) mass is 649 g/mol. The molecule has 2 aliphatic rings. The molecule has 1 saturated carbocycles. The summed E-state index contributed by atoms with van der Waals surface area (Å²) >= 11 is 1.58. The summed E-state index contributed by atoms with van der Waals surface area (Å²) in [6.07, 6.45) is 3.54. The van der Waals surface area contributed by atoms with E-state index >= 15 is 0 Å². The molecule has 11 heteroatoms. The van der Waals surface area contributed by atoms with Crippen molar-refractivity contribution < 1.29 is 23.9 Å². The fourth-order valence-corrected chi connectivity index (χ4v) is 7.17. The van der Waals surface area contributed by atoms with E-state index in [0.717, 1.165) is 40.0 Å². The van der Waals surface area contributed by atoms with Crippen LogP contribution in [0.15, 0.2) is 53.9 Å². The van der Waals surface area contributed by atoms with Gasteiger partial charge in [0.25, 0.3) is 11.8 Å². The molecule has 3 heterocycles. The highest BCUT2D eigenvalue weighted by Crippen LogP contribution is 2.43. The highest BCUT2D eigenvalue weighted by atomic mass is 32.1. The fraction of sp³-hybridized carbons (Fsp3) is 0.306. The molecule has 4 N–H and O–H groups in total. The molecule has 0 bridgehead atoms. The highest BCUT2D eigenvalue weighted by molar-refractivity contribution is 7.13. The first-order valence-corrected chi connectivity index (χ1v) is 16.5. The minimum absolute atomic E-state index is 0.00315. The Morgan fingerprint density at radius 3 is 2.57 bits per heavy atom. The number of hydrogen-bond acceptors (Lipinski definition) is 9. The van der Waals surface area contributed by atoms with Crippen molar-refractivity contribution >= 4 is 34.8 Å². The molecule has 0 spiro atoms. The first-order valence-electron chi connectivity index (χ1n) is 15.6. The second-order valence-electron chi connectivity index (χ2n) is 11.8. The number of anilines is 1. The van der Waals surface area contributed by atoms with Crippen molar-refractivity contribution in [2.75, 3.05) is 19.0 Å². The maximum absolute atomic E-state index is 14.1. The number of amides is 2. The van der Waals surface area contributed by atoms with E-state index in [9.17, 15) is 19.6 Å². The Kier molecular flexibility index (Phi) is 9.33. The number of benzene rings is 2. The standard InChI is InChI=1S/C36H35N5O5S/c1-20-15-22(19-38)5-9-29(20)41-34(42)27-16-28-31(46-13-11-23-12-14-47-33(23)28)17-26(27)25-8-10-30(40-32(25)36(44)45-2)35(43)39-24-6-3-21(18-37)4-7-24/h5,8-10,12,14-17,21,24H,3-4,6-7,11,13,19,38H2,1-2H3,(H,39,43)(H,41,42). The number of aryl methyl sites for hydroxylation is 1. The topological polar surface area (TPSA) is 156 Å². The van der Waals surface area contributed by atoms with Gasteiger partial charge in [-0.2, -0.15) is 5.26 Å². The summed E-state index contributed by atoms with van der Waals surface area (Å²) in [5.41, 5.74) is 11.1. The number of rotatable bonds is 7. The Hall–Kier alpha value is -5.05. The minimum atomic E-state index is -0.750. The number of nitrogens with one attached hydrogen (secondary N) is 2. The van der Waals surface area contributed by atoms with Gasteiger partial charge in [0.1, 0.15) is 11.4 Å². The number of hydrogen-bond donors (Lipinski definition) is 3. The van der Waals surface area contributed by atoms with Gasteiger partial charge in [-0.05, 0) is 91.1 Å². The van der Waals surface area contributed by atoms with Crippen LogP contribution >= 0.6 is 11.3 Å². The first-order chi connectivity index (χ1) is 22.8. The minimum Gasteiger partial charge on any atom is -0.493 e. The van der Waals surface area contributed by atoms with E-state index in [-0.39, 0.29) is 29.3 Å². The molecule has 2 aromatic heterocycles. The number of carbonyl (C=O) groups excluding carboxylic acids is 3. The van der Waals surface area contributed by atoms with Crippen LogP contribution in [0.4, 0.5) is 5.69 Å². The summed E-state index contributed by atoms with van der Waals surface area (Å²) in [6, 6.07) is 16.6. The van der Waals surface area contributed by atoms with Gasteiger partial charge in [-0.25, -0.2) is 9.78 Å². The van der Waals surface area contributed by atoms with Crippen molar-refractivity contribution in [1.29, 1.82) is 5.26 Å². The Balaban J connectivity index is 1.42. The molecule has 0 radical (unpaired) electrons. The number of fused-ring (bicyclic) bond motifs is 3. The van der Waals surface area contributed by atoms with Crippen LogP contribution in [0.2, 0.25) is 0 Å². The summed E-state index contributed by atoms with van der Waals surface area (Å²) in [5, 5.41) is 17.3. The summed E-state index contributed by atoms with van der Waals surface area (Å²) in [6.45, 7) is 2.73. The normalized spacial score (nSPS) is 16.8. The lowest BCUT2D eigenvalue weighted by molar-refractivity contribution is 0.0594. The lowest BCUT2D eigenvalue weighted by atomic mass is 9.87. The second kappa shape index (κ2) is 13.7. The van der Waals surface area contributed by atoms with E-state index in [0.29, 0.717) is 60.5 Å². The molecule has 2 aromatic carbocycles. The molecule has 10 nitrogen and oxygen atoms in total. The smallest absolute Gasteiger partial charge is 0.357 e. The lowest BCUT2D eigenvalue weighted by Gasteiger charge is -2.25. The molecular formula is C36H35N5O5S. The van der Waals surface area contributed by atoms with Crippen LogP contribution in [0.3, 0.4) is 0 Å². The average molecular weight is 650 g/mol. The third-order valence-electron chi connectivity index (χ3n) is 8.80. The molecule has 1 aliphatic carbocycles. The van der Waals surface area contributed by atoms with Crippen LogP contribution in [-0.4, -0.2) is 42.5 Å². The predicted octanol–water partition coefficient (Wildman–Crippen LogP) is 6.03. The third kappa shape index (κ3) is 6.61. The molecule has 1 fully saturated rings. The number of aromatic nitrogens is 1. The van der Waals surface area contributed by atoms with Gasteiger partial charge in [0.15, 0.2) is 5.69 Å². The van der Waals surface area contributed by atoms with Gasteiger partial charge in [0.2, 0.25) is 0 Å². The first kappa shape index (κ1) is 31.9. The maximum Gasteiger partial charge on any atom is 0.357 e. The molecule has 1 aliphatic heterocycles. The van der Waals surface area contributed by atoms with Crippen LogP contribution in [-0.2, 0) is 17.7 Å². The molecule has 2 amide bonds. The zero-order valence-electron chi connectivity index (χ0n) is 26.2. The summed E-state index contributed by atoms with van der Waals surface area (Å²) in [7, 11) is 1.24. The quantitative estimate of drug-likeness (QED) is 0.205. The molecule has 6 rings (SSSR count). The second-order valence-corrected chi connectivity index (χ2v) is 12.7. The van der Waals surface area contributed by atoms with Crippen LogP contribution in [0, 0.1) is 24.2 Å². The summed E-state index contributed by atoms with van der Waals surface area (Å²) in [5.74, 6) is -0.985. The molecule has 240 valence electrons. The van der Waals surface area contributed by atoms with E-state index < -0.39 is 11.9 Å². The van der Waals surface area contributed by atoms with Gasteiger partial charge >= 0.3 is 5.97 Å². The Morgan fingerprint density at radius 1 is 1.04 bits per heavy atom. The fourth-order valence-electron chi connectivity index (χ4n) is 6.19. The summed E-state index contributed by atoms with van der Waals surface area (Å²) in [4.78, 5) is 46.1. The van der Waals surface area contributed by atoms with Crippen LogP contribution < -0.4 is 21.1 Å². The van der Waals surface area contributed by atoms with E-state index in [1.165, 1.54) is 7.11 Å². The number of esters is 1. The number of nitriles is 1. The molecule has 0 saturated heterocycles. The number of pyridine rings is 1. The van der Waals surface area contributed by atoms with Crippen molar-refractivity contribution in [3.8, 4) is 33.4 Å². The maximum atomic E-state index is 14.1. The zero-order valence-corrected chi connectivity index (χ0v) is 27.0. The molecular weight excluding hydrogens is 614 g/mol. The van der Waals surface area contributed by atoms with E-state index in [4.69, 9.17) is 15.2 Å². The number of methoxy groups -OCH3 is 1. The molecule has 0 atom stereocenters. The van der Waals surface area contributed by atoms with Crippen LogP contribution in [0.1, 0.15) is 73.7 Å². The van der Waals surface area contributed by atoms with Crippen molar-refractivity contribution in [3.63, 3.8) is 0 Å². The number of nitrogens with zero attached hydrogens (tertiary/aromatic N) is 2. The highest BCUT2D eigenvalue weighted by Gasteiger charge is 2.28. The number of carbonyl (C=O) groups is 3. The van der Waals surface area contributed by atoms with E-state index in [2.05, 4.69) is 27.8 Å². The van der Waals surface area contributed by atoms with Crippen molar-refractivity contribution in [2.45, 2.75) is 51.6 Å². The number of ether oxygens (including phenoxy) is 2. The molecule has 47 heavy (non-hydrogen) atoms. The Labute approximate surface area is 276 Å². The van der Waals surface area contributed by atoms with Gasteiger partial charge in [-0.15, -0.1) is 11.3 Å². The van der Waals surface area contributed by atoms with Crippen molar-refractivity contribution in [1.82, 2.24) is 10.3 Å². The average Bonchev–Trinajstić information content (AvgIpc) is 3.49. The largest absolute Gasteiger partial charge is 0.493 e. The zero-order chi connectivity index (χ0) is 33.1. The predicted molar refractivity (Wildman–Crippen MR) is 179 cm³/mol. The van der Waals surface area contributed by atoms with Crippen molar-refractivity contribution in [3.05, 3.63) is 87.6 Å². The van der Waals surface area contributed by atoms with Gasteiger partial charge in [-0.3, -0.25) is 9.59 Å². The Morgan fingerprint density at radius 2 is 1.85 bits per heavy atom. The van der Waals surface area contributed by atoms with Gasteiger partial charge < -0.3 is 25.8 Å². The Bertz CT molecular complexity index is 1900. The molecule has 0 unspecified atom stereocenters. The number of nitrogens with two attached hydrogens (primary N) is 1. The third-order valence-corrected chi connectivity index (χ3v) is 9.79. The molecule has 4 aromatic rings. The van der Waals surface area contributed by atoms with Crippen molar-refractivity contribution in [2.24, 2.45) is 11.7 Å². The van der Waals surface area contributed by atoms with E-state index in [1.54, 1.807) is 35.6 Å². The van der Waals surface area contributed by atoms with Gasteiger partial charge in [0, 0.05) is 57.7 Å². The SMILES string of the molecule is COC(=O)c1nc(C(=O)NC2CCC(C#N)CC2)ccc1-c1cc2c(cc1C(=O)Nc1ccc(CN)cc1C)-c1sccc1CCO2. The summed E-state index contributed by atoms with van der Waals surface area (Å²) < 4.78 is 11.3. The van der Waals surface area contributed by atoms with Crippen LogP contribution in [0.25, 0.3) is 21.6 Å².